The maximum atomic E-state index is 14.5. The van der Waals surface area contributed by atoms with Crippen LogP contribution in [0.3, 0.4) is 0 Å². The minimum absolute atomic E-state index is 0.227. The summed E-state index contributed by atoms with van der Waals surface area (Å²) in [4.78, 5) is 0. The van der Waals surface area contributed by atoms with Gasteiger partial charge in [0.2, 0.25) is 0 Å². The molecule has 1 atom stereocenters. The van der Waals surface area contributed by atoms with Gasteiger partial charge in [-0.3, -0.25) is 0 Å². The van der Waals surface area contributed by atoms with Crippen molar-refractivity contribution >= 4 is 7.12 Å². The molecule has 1 heterocycles. The van der Waals surface area contributed by atoms with Crippen LogP contribution < -0.4 is 0 Å². The Bertz CT molecular complexity index is 383. The fourth-order valence-electron chi connectivity index (χ4n) is 2.51. The number of hydrogen-bond donors (Lipinski definition) is 0. The molecule has 1 aliphatic heterocycles. The molecule has 1 aliphatic carbocycles. The Morgan fingerprint density at radius 3 is 1.78 bits per heavy atom. The maximum Gasteiger partial charge on any atom is 0.525 e. The van der Waals surface area contributed by atoms with Gasteiger partial charge in [-0.25, -0.2) is 4.39 Å². The fraction of sp³-hybridized carbons (Fsp3) is 0.857. The van der Waals surface area contributed by atoms with Gasteiger partial charge in [0.05, 0.1) is 11.2 Å². The third kappa shape index (κ3) is 2.14. The summed E-state index contributed by atoms with van der Waals surface area (Å²) in [5.41, 5.74) is -0.170. The van der Waals surface area contributed by atoms with Gasteiger partial charge in [0.1, 0.15) is 5.73 Å². The van der Waals surface area contributed by atoms with Crippen molar-refractivity contribution in [2.45, 2.75) is 66.1 Å². The van der Waals surface area contributed by atoms with E-state index in [9.17, 15) is 4.39 Å². The summed E-state index contributed by atoms with van der Waals surface area (Å²) in [6.07, 6.45) is 1.05. The van der Waals surface area contributed by atoms with E-state index in [1.807, 2.05) is 34.6 Å². The third-order valence-corrected chi connectivity index (χ3v) is 4.87. The Balaban J connectivity index is 2.17. The van der Waals surface area contributed by atoms with Crippen LogP contribution in [0.25, 0.3) is 0 Å². The van der Waals surface area contributed by atoms with Crippen LogP contribution in [0.15, 0.2) is 11.3 Å². The second-order valence-corrected chi connectivity index (χ2v) is 7.36. The highest BCUT2D eigenvalue weighted by Crippen LogP contribution is 2.56. The van der Waals surface area contributed by atoms with Crippen LogP contribution in [0, 0.1) is 11.3 Å². The topological polar surface area (TPSA) is 18.5 Å². The molecule has 102 valence electrons. The average molecular weight is 254 g/mol. The molecule has 0 aromatic rings. The molecule has 0 radical (unpaired) electrons. The third-order valence-electron chi connectivity index (χ3n) is 4.87. The molecule has 2 aliphatic rings. The van der Waals surface area contributed by atoms with Gasteiger partial charge in [0, 0.05) is 0 Å². The predicted molar refractivity (Wildman–Crippen MR) is 71.8 cm³/mol. The lowest BCUT2D eigenvalue weighted by Crippen LogP contribution is -2.41. The number of allylic oxidation sites excluding steroid dienone is 1. The number of rotatable bonds is 2. The summed E-state index contributed by atoms with van der Waals surface area (Å²) in [7, 11) is -0.841. The molecule has 0 aromatic carbocycles. The monoisotopic (exact) mass is 254 g/mol. The van der Waals surface area contributed by atoms with Gasteiger partial charge in [-0.05, 0) is 57.9 Å². The molecule has 4 heteroatoms. The quantitative estimate of drug-likeness (QED) is 0.695. The lowest BCUT2D eigenvalue weighted by atomic mass is 9.83. The number of hydrogen-bond acceptors (Lipinski definition) is 2. The molecule has 0 amide bonds. The first-order valence-electron chi connectivity index (χ1n) is 6.70. The van der Waals surface area contributed by atoms with E-state index in [0.29, 0.717) is 5.92 Å². The molecule has 2 fully saturated rings. The zero-order valence-electron chi connectivity index (χ0n) is 12.6. The smallest absolute Gasteiger partial charge is 0.398 e. The molecular weight excluding hydrogens is 230 g/mol. The highest BCUT2D eigenvalue weighted by atomic mass is 19.1. The Kier molecular flexibility index (Phi) is 2.99. The first kappa shape index (κ1) is 14.1. The zero-order chi connectivity index (χ0) is 13.9. The average Bonchev–Trinajstić information content (AvgIpc) is 2.76. The van der Waals surface area contributed by atoms with Crippen LogP contribution in [0.2, 0.25) is 0 Å². The maximum absolute atomic E-state index is 14.5. The van der Waals surface area contributed by atoms with Crippen LogP contribution in [0.4, 0.5) is 4.39 Å². The van der Waals surface area contributed by atoms with Crippen LogP contribution in [0.1, 0.15) is 54.9 Å². The summed E-state index contributed by atoms with van der Waals surface area (Å²) in [5, 5.41) is 0. The Morgan fingerprint density at radius 2 is 1.44 bits per heavy atom. The Morgan fingerprint density at radius 1 is 1.06 bits per heavy atom. The first-order chi connectivity index (χ1) is 7.98. The van der Waals surface area contributed by atoms with Crippen molar-refractivity contribution in [1.29, 1.82) is 0 Å². The van der Waals surface area contributed by atoms with Gasteiger partial charge in [0.15, 0.2) is 0 Å². The van der Waals surface area contributed by atoms with E-state index in [2.05, 4.69) is 13.8 Å². The van der Waals surface area contributed by atoms with Crippen molar-refractivity contribution in [1.82, 2.24) is 0 Å². The predicted octanol–water partition coefficient (Wildman–Crippen LogP) is 3.91. The van der Waals surface area contributed by atoms with Crippen LogP contribution in [0.5, 0.6) is 0 Å². The van der Waals surface area contributed by atoms with Crippen molar-refractivity contribution in [2.75, 3.05) is 0 Å². The zero-order valence-corrected chi connectivity index (χ0v) is 12.6. The van der Waals surface area contributed by atoms with E-state index in [4.69, 9.17) is 9.31 Å². The highest BCUT2D eigenvalue weighted by Gasteiger charge is 2.55. The van der Waals surface area contributed by atoms with Gasteiger partial charge in [-0.2, -0.15) is 0 Å². The molecule has 1 unspecified atom stereocenters. The molecular formula is C14H24BFO2. The normalized spacial score (nSPS) is 33.3. The lowest BCUT2D eigenvalue weighted by molar-refractivity contribution is 0.00578. The molecule has 2 nitrogen and oxygen atoms in total. The van der Waals surface area contributed by atoms with E-state index < -0.39 is 18.3 Å². The van der Waals surface area contributed by atoms with Crippen molar-refractivity contribution in [3.8, 4) is 0 Å². The van der Waals surface area contributed by atoms with E-state index in [1.54, 1.807) is 0 Å². The molecule has 1 saturated heterocycles. The second-order valence-electron chi connectivity index (χ2n) is 7.36. The van der Waals surface area contributed by atoms with Crippen molar-refractivity contribution in [2.24, 2.45) is 11.3 Å². The molecule has 1 saturated carbocycles. The summed E-state index contributed by atoms with van der Waals surface area (Å²) >= 11 is 0. The first-order valence-corrected chi connectivity index (χ1v) is 6.70. The molecule has 0 spiro atoms. The minimum atomic E-state index is -0.841. The fourth-order valence-corrected chi connectivity index (χ4v) is 2.51. The molecule has 18 heavy (non-hydrogen) atoms. The minimum Gasteiger partial charge on any atom is -0.398 e. The second kappa shape index (κ2) is 3.83. The summed E-state index contributed by atoms with van der Waals surface area (Å²) in [5.74, 6) is 0.330. The van der Waals surface area contributed by atoms with Crippen molar-refractivity contribution in [3.05, 3.63) is 11.3 Å². The molecule has 0 N–H and O–H groups in total. The largest absolute Gasteiger partial charge is 0.525 e. The SMILES string of the molecule is CC(=C(F)B1OC(C)(C)C(C)(C)O1)C1CC1(C)C. The molecule has 0 aromatic heterocycles. The van der Waals surface area contributed by atoms with E-state index >= 15 is 0 Å². The van der Waals surface area contributed by atoms with Crippen LogP contribution in [-0.2, 0) is 9.31 Å². The molecule has 2 rings (SSSR count). The van der Waals surface area contributed by atoms with E-state index in [1.165, 1.54) is 0 Å². The summed E-state index contributed by atoms with van der Waals surface area (Å²) in [6, 6.07) is 0. The van der Waals surface area contributed by atoms with Crippen LogP contribution in [-0.4, -0.2) is 18.3 Å². The van der Waals surface area contributed by atoms with Gasteiger partial charge < -0.3 is 9.31 Å². The van der Waals surface area contributed by atoms with Crippen molar-refractivity contribution in [3.63, 3.8) is 0 Å². The van der Waals surface area contributed by atoms with Gasteiger partial charge >= 0.3 is 7.12 Å². The van der Waals surface area contributed by atoms with E-state index in [0.717, 1.165) is 12.0 Å². The summed E-state index contributed by atoms with van der Waals surface area (Å²) in [6.45, 7) is 14.0. The highest BCUT2D eigenvalue weighted by molar-refractivity contribution is 6.53. The van der Waals surface area contributed by atoms with E-state index in [-0.39, 0.29) is 11.1 Å². The van der Waals surface area contributed by atoms with Crippen LogP contribution >= 0.6 is 0 Å². The van der Waals surface area contributed by atoms with Gasteiger partial charge in [0.25, 0.3) is 0 Å². The Labute approximate surface area is 110 Å². The Hall–Kier alpha value is -0.345. The standard InChI is InChI=1S/C14H24BFO2/c1-9(10-8-12(10,2)3)11(16)15-17-13(4,5)14(6,7)18-15/h10H,8H2,1-7H3. The number of halogens is 1. The summed E-state index contributed by atoms with van der Waals surface area (Å²) < 4.78 is 25.9. The van der Waals surface area contributed by atoms with Crippen molar-refractivity contribution < 1.29 is 13.7 Å². The van der Waals surface area contributed by atoms with Gasteiger partial charge in [-0.15, -0.1) is 0 Å². The van der Waals surface area contributed by atoms with Gasteiger partial charge in [-0.1, -0.05) is 13.8 Å². The lowest BCUT2D eigenvalue weighted by Gasteiger charge is -2.32. The molecule has 0 bridgehead atoms.